The molecule has 1 rings (SSSR count). The minimum absolute atomic E-state index is 0.0487. The van der Waals surface area contributed by atoms with E-state index in [1.54, 1.807) is 30.8 Å². The van der Waals surface area contributed by atoms with Gasteiger partial charge in [0.1, 0.15) is 11.0 Å². The summed E-state index contributed by atoms with van der Waals surface area (Å²) in [5.74, 6) is 1.18. The highest BCUT2D eigenvalue weighted by molar-refractivity contribution is 7.98. The van der Waals surface area contributed by atoms with E-state index in [1.165, 1.54) is 18.4 Å². The number of rotatable bonds is 8. The van der Waals surface area contributed by atoms with Crippen LogP contribution in [0.5, 0.6) is 0 Å². The Bertz CT molecular complexity index is 477. The van der Waals surface area contributed by atoms with Gasteiger partial charge in [0.05, 0.1) is 19.2 Å². The molecule has 0 aliphatic heterocycles. The van der Waals surface area contributed by atoms with E-state index in [0.29, 0.717) is 12.8 Å². The molecule has 6 nitrogen and oxygen atoms in total. The molecule has 1 aromatic heterocycles. The summed E-state index contributed by atoms with van der Waals surface area (Å²) in [5.41, 5.74) is 6.61. The van der Waals surface area contributed by atoms with Crippen molar-refractivity contribution in [1.82, 2.24) is 9.88 Å². The van der Waals surface area contributed by atoms with Crippen LogP contribution in [0.25, 0.3) is 0 Å². The molecule has 0 bridgehead atoms. The second-order valence-electron chi connectivity index (χ2n) is 4.67. The molecular weight excluding hydrogens is 310 g/mol. The Morgan fingerprint density at radius 1 is 1.52 bits per heavy atom. The SMILES string of the molecule is COC(=O)C(N)CCSCc1csc(CC(=O)N(C)C)n1. The molecule has 0 aliphatic rings. The van der Waals surface area contributed by atoms with Gasteiger partial charge in [-0.25, -0.2) is 4.98 Å². The maximum atomic E-state index is 11.6. The lowest BCUT2D eigenvalue weighted by molar-refractivity contribution is -0.142. The van der Waals surface area contributed by atoms with E-state index in [-0.39, 0.29) is 11.9 Å². The number of aromatic nitrogens is 1. The van der Waals surface area contributed by atoms with Gasteiger partial charge in [-0.1, -0.05) is 0 Å². The molecule has 0 spiro atoms. The number of hydrogen-bond donors (Lipinski definition) is 1. The monoisotopic (exact) mass is 331 g/mol. The maximum Gasteiger partial charge on any atom is 0.322 e. The van der Waals surface area contributed by atoms with Gasteiger partial charge in [-0.05, 0) is 12.2 Å². The number of thioether (sulfide) groups is 1. The number of thiazole rings is 1. The molecule has 0 aromatic carbocycles. The van der Waals surface area contributed by atoms with Crippen LogP contribution >= 0.6 is 23.1 Å². The topological polar surface area (TPSA) is 85.5 Å². The molecular formula is C13H21N3O3S2. The quantitative estimate of drug-likeness (QED) is 0.563. The van der Waals surface area contributed by atoms with Crippen LogP contribution in [-0.4, -0.2) is 54.8 Å². The van der Waals surface area contributed by atoms with Gasteiger partial charge in [0.25, 0.3) is 0 Å². The first-order valence-corrected chi connectivity index (χ1v) is 8.52. The molecule has 8 heteroatoms. The molecule has 1 atom stereocenters. The first-order chi connectivity index (χ1) is 9.93. The maximum absolute atomic E-state index is 11.6. The van der Waals surface area contributed by atoms with Crippen LogP contribution in [0.15, 0.2) is 5.38 Å². The van der Waals surface area contributed by atoms with Crippen molar-refractivity contribution in [3.05, 3.63) is 16.1 Å². The summed E-state index contributed by atoms with van der Waals surface area (Å²) in [7, 11) is 4.80. The van der Waals surface area contributed by atoms with Crippen LogP contribution in [0.4, 0.5) is 0 Å². The van der Waals surface area contributed by atoms with Crippen molar-refractivity contribution in [2.75, 3.05) is 27.0 Å². The third-order valence-electron chi connectivity index (χ3n) is 2.73. The summed E-state index contributed by atoms with van der Waals surface area (Å²) in [5, 5.41) is 2.79. The zero-order valence-electron chi connectivity index (χ0n) is 12.5. The van der Waals surface area contributed by atoms with E-state index in [4.69, 9.17) is 5.73 Å². The van der Waals surface area contributed by atoms with Crippen molar-refractivity contribution in [2.24, 2.45) is 5.73 Å². The highest BCUT2D eigenvalue weighted by Gasteiger charge is 2.13. The molecule has 0 fully saturated rings. The highest BCUT2D eigenvalue weighted by Crippen LogP contribution is 2.17. The molecule has 0 saturated carbocycles. The van der Waals surface area contributed by atoms with Gasteiger partial charge in [0.15, 0.2) is 0 Å². The van der Waals surface area contributed by atoms with Crippen LogP contribution in [0.3, 0.4) is 0 Å². The first-order valence-electron chi connectivity index (χ1n) is 6.48. The molecule has 0 saturated heterocycles. The molecule has 0 radical (unpaired) electrons. The van der Waals surface area contributed by atoms with Crippen LogP contribution in [0.1, 0.15) is 17.1 Å². The minimum Gasteiger partial charge on any atom is -0.468 e. The van der Waals surface area contributed by atoms with Gasteiger partial charge in [-0.15, -0.1) is 11.3 Å². The number of esters is 1. The molecule has 1 aromatic rings. The molecule has 0 aliphatic carbocycles. The average Bonchev–Trinajstić information content (AvgIpc) is 2.89. The van der Waals surface area contributed by atoms with Crippen molar-refractivity contribution >= 4 is 35.0 Å². The lowest BCUT2D eigenvalue weighted by Gasteiger charge is -2.08. The number of carbonyl (C=O) groups excluding carboxylic acids is 2. The summed E-state index contributed by atoms with van der Waals surface area (Å²) in [6.07, 6.45) is 0.920. The summed E-state index contributed by atoms with van der Waals surface area (Å²) in [6.45, 7) is 0. The van der Waals surface area contributed by atoms with E-state index in [0.717, 1.165) is 22.2 Å². The lowest BCUT2D eigenvalue weighted by Crippen LogP contribution is -2.31. The molecule has 118 valence electrons. The van der Waals surface area contributed by atoms with Gasteiger partial charge >= 0.3 is 5.97 Å². The smallest absolute Gasteiger partial charge is 0.322 e. The Morgan fingerprint density at radius 2 is 2.24 bits per heavy atom. The number of methoxy groups -OCH3 is 1. The highest BCUT2D eigenvalue weighted by atomic mass is 32.2. The molecule has 2 N–H and O–H groups in total. The Morgan fingerprint density at radius 3 is 2.86 bits per heavy atom. The van der Waals surface area contributed by atoms with Crippen molar-refractivity contribution in [2.45, 2.75) is 24.6 Å². The van der Waals surface area contributed by atoms with Crippen molar-refractivity contribution in [3.8, 4) is 0 Å². The van der Waals surface area contributed by atoms with E-state index >= 15 is 0 Å². The number of carbonyl (C=O) groups is 2. The third-order valence-corrected chi connectivity index (χ3v) is 4.65. The van der Waals surface area contributed by atoms with Crippen LogP contribution in [0, 0.1) is 0 Å². The van der Waals surface area contributed by atoms with Gasteiger partial charge in [0, 0.05) is 25.2 Å². The summed E-state index contributed by atoms with van der Waals surface area (Å²) >= 11 is 3.16. The Kier molecular flexibility index (Phi) is 7.69. The molecule has 1 heterocycles. The number of nitrogens with two attached hydrogens (primary N) is 1. The van der Waals surface area contributed by atoms with Crippen LogP contribution in [0.2, 0.25) is 0 Å². The van der Waals surface area contributed by atoms with E-state index in [1.807, 2.05) is 5.38 Å². The van der Waals surface area contributed by atoms with E-state index < -0.39 is 6.04 Å². The first kappa shape index (κ1) is 17.9. The summed E-state index contributed by atoms with van der Waals surface area (Å²) in [6, 6.07) is -0.564. The van der Waals surface area contributed by atoms with Gasteiger partial charge in [0.2, 0.25) is 5.91 Å². The van der Waals surface area contributed by atoms with Crippen molar-refractivity contribution in [3.63, 3.8) is 0 Å². The summed E-state index contributed by atoms with van der Waals surface area (Å²) < 4.78 is 4.57. The lowest BCUT2D eigenvalue weighted by atomic mass is 10.2. The average molecular weight is 331 g/mol. The number of nitrogens with zero attached hydrogens (tertiary/aromatic N) is 2. The predicted octanol–water partition coefficient (Wildman–Crippen LogP) is 0.897. The van der Waals surface area contributed by atoms with Crippen LogP contribution < -0.4 is 5.73 Å². The zero-order valence-corrected chi connectivity index (χ0v) is 14.1. The fourth-order valence-electron chi connectivity index (χ4n) is 1.44. The standard InChI is InChI=1S/C13H21N3O3S2/c1-16(2)12(17)6-11-15-9(8-21-11)7-20-5-4-10(14)13(18)19-3/h8,10H,4-7,14H2,1-3H3. The normalized spacial score (nSPS) is 12.0. The minimum atomic E-state index is -0.564. The molecule has 21 heavy (non-hydrogen) atoms. The molecule has 1 unspecified atom stereocenters. The number of ether oxygens (including phenoxy) is 1. The Labute approximate surface area is 133 Å². The van der Waals surface area contributed by atoms with Crippen LogP contribution in [-0.2, 0) is 26.5 Å². The summed E-state index contributed by atoms with van der Waals surface area (Å²) in [4.78, 5) is 28.7. The number of likely N-dealkylation sites (N-methyl/N-ethyl adjacent to an activating group) is 1. The fourth-order valence-corrected chi connectivity index (χ4v) is 3.25. The Balaban J connectivity index is 2.29. The number of hydrogen-bond acceptors (Lipinski definition) is 7. The van der Waals surface area contributed by atoms with Gasteiger partial charge in [-0.3, -0.25) is 9.59 Å². The third kappa shape index (κ3) is 6.45. The van der Waals surface area contributed by atoms with E-state index in [9.17, 15) is 9.59 Å². The van der Waals surface area contributed by atoms with Gasteiger partial charge < -0.3 is 15.4 Å². The second-order valence-corrected chi connectivity index (χ2v) is 6.72. The molecule has 1 amide bonds. The second kappa shape index (κ2) is 9.01. The predicted molar refractivity (Wildman–Crippen MR) is 85.3 cm³/mol. The number of amides is 1. The zero-order chi connectivity index (χ0) is 15.8. The van der Waals surface area contributed by atoms with Gasteiger partial charge in [-0.2, -0.15) is 11.8 Å². The Hall–Kier alpha value is -1.12. The largest absolute Gasteiger partial charge is 0.468 e. The van der Waals surface area contributed by atoms with Crippen molar-refractivity contribution in [1.29, 1.82) is 0 Å². The fraction of sp³-hybridized carbons (Fsp3) is 0.615. The van der Waals surface area contributed by atoms with E-state index in [2.05, 4.69) is 9.72 Å². The van der Waals surface area contributed by atoms with Crippen molar-refractivity contribution < 1.29 is 14.3 Å².